The van der Waals surface area contributed by atoms with Gasteiger partial charge in [0.15, 0.2) is 0 Å². The molecule has 0 aliphatic heterocycles. The lowest BCUT2D eigenvalue weighted by molar-refractivity contribution is -0.177. The summed E-state index contributed by atoms with van der Waals surface area (Å²) >= 11 is 0. The second-order valence-corrected chi connectivity index (χ2v) is 4.49. The van der Waals surface area contributed by atoms with E-state index >= 15 is 0 Å². The van der Waals surface area contributed by atoms with Crippen molar-refractivity contribution in [2.75, 3.05) is 0 Å². The monoisotopic (exact) mass is 348 g/mol. The number of carbonyl (C=O) groups is 6. The Morgan fingerprint density at radius 3 is 1.25 bits per heavy atom. The minimum absolute atomic E-state index is 0.331. The van der Waals surface area contributed by atoms with Gasteiger partial charge in [-0.25, -0.2) is 9.59 Å². The van der Waals surface area contributed by atoms with Crippen LogP contribution >= 0.6 is 0 Å². The molecule has 0 saturated heterocycles. The van der Waals surface area contributed by atoms with Gasteiger partial charge in [-0.2, -0.15) is 0 Å². The number of aliphatic carboxylic acids is 2. The molecule has 134 valence electrons. The van der Waals surface area contributed by atoms with Gasteiger partial charge in [-0.15, -0.1) is 0 Å². The molecule has 0 radical (unpaired) electrons. The third kappa shape index (κ3) is 8.55. The second-order valence-electron chi connectivity index (χ2n) is 4.49. The van der Waals surface area contributed by atoms with Crippen LogP contribution in [0.25, 0.3) is 0 Å². The van der Waals surface area contributed by atoms with Gasteiger partial charge >= 0.3 is 35.8 Å². The highest BCUT2D eigenvalue weighted by Crippen LogP contribution is 2.01. The largest absolute Gasteiger partial charge is 0.480 e. The minimum Gasteiger partial charge on any atom is -0.480 e. The molecule has 0 fully saturated rings. The first-order chi connectivity index (χ1) is 11.0. The van der Waals surface area contributed by atoms with Gasteiger partial charge < -0.3 is 31.2 Å². The van der Waals surface area contributed by atoms with E-state index in [0.717, 1.165) is 0 Å². The maximum absolute atomic E-state index is 11.2. The fourth-order valence-corrected chi connectivity index (χ4v) is 1.19. The van der Waals surface area contributed by atoms with Gasteiger partial charge in [-0.3, -0.25) is 19.2 Å². The summed E-state index contributed by atoms with van der Waals surface area (Å²) < 4.78 is 8.07. The molecule has 0 aromatic carbocycles. The lowest BCUT2D eigenvalue weighted by Crippen LogP contribution is -2.32. The quantitative estimate of drug-likeness (QED) is 0.204. The topological polar surface area (TPSA) is 213 Å². The van der Waals surface area contributed by atoms with Crippen molar-refractivity contribution in [2.24, 2.45) is 11.5 Å². The fraction of sp³-hybridized carbons (Fsp3) is 0.500. The van der Waals surface area contributed by atoms with Crippen molar-refractivity contribution in [2.45, 2.75) is 37.8 Å². The summed E-state index contributed by atoms with van der Waals surface area (Å²) in [6.45, 7) is 0. The van der Waals surface area contributed by atoms with E-state index in [1.807, 2.05) is 0 Å². The predicted molar refractivity (Wildman–Crippen MR) is 71.9 cm³/mol. The molecule has 0 heterocycles. The molecule has 0 spiro atoms. The van der Waals surface area contributed by atoms with E-state index in [1.165, 1.54) is 0 Å². The molecule has 0 saturated carbocycles. The van der Waals surface area contributed by atoms with Crippen molar-refractivity contribution in [3.8, 4) is 0 Å². The average Bonchev–Trinajstić information content (AvgIpc) is 2.49. The Labute approximate surface area is 134 Å². The summed E-state index contributed by atoms with van der Waals surface area (Å²) in [6, 6.07) is -2.70. The molecule has 12 heteroatoms. The van der Waals surface area contributed by atoms with Crippen molar-refractivity contribution in [3.05, 3.63) is 0 Å². The molecule has 6 N–H and O–H groups in total. The Balaban J connectivity index is 4.20. The summed E-state index contributed by atoms with van der Waals surface area (Å²) in [7, 11) is 0. The molecule has 0 rings (SSSR count). The SMILES string of the molecule is N[C@@H](CCC(=O)OC(=O)C(=O)OC(=O)CC[C@H](N)C(=O)O)C(=O)O. The van der Waals surface area contributed by atoms with Crippen LogP contribution in [0.3, 0.4) is 0 Å². The molecule has 2 atom stereocenters. The maximum Gasteiger partial charge on any atom is 0.425 e. The van der Waals surface area contributed by atoms with Crippen LogP contribution in [-0.2, 0) is 38.2 Å². The first kappa shape index (κ1) is 21.1. The smallest absolute Gasteiger partial charge is 0.425 e. The summed E-state index contributed by atoms with van der Waals surface area (Å²) in [4.78, 5) is 65.6. The molecule has 0 amide bonds. The Morgan fingerprint density at radius 2 is 1.00 bits per heavy atom. The average molecular weight is 348 g/mol. The van der Waals surface area contributed by atoms with Gasteiger partial charge in [0.05, 0.1) is 0 Å². The van der Waals surface area contributed by atoms with Crippen LogP contribution in [0.4, 0.5) is 0 Å². The normalized spacial score (nSPS) is 12.6. The van der Waals surface area contributed by atoms with Crippen LogP contribution in [0, 0.1) is 0 Å². The van der Waals surface area contributed by atoms with Crippen molar-refractivity contribution in [3.63, 3.8) is 0 Å². The minimum atomic E-state index is -1.78. The maximum atomic E-state index is 11.2. The molecule has 0 aromatic rings. The van der Waals surface area contributed by atoms with Crippen molar-refractivity contribution in [1.29, 1.82) is 0 Å². The van der Waals surface area contributed by atoms with Crippen LogP contribution in [0.5, 0.6) is 0 Å². The highest BCUT2D eigenvalue weighted by atomic mass is 16.6. The van der Waals surface area contributed by atoms with Gasteiger partial charge in [0.1, 0.15) is 12.1 Å². The van der Waals surface area contributed by atoms with Crippen molar-refractivity contribution in [1.82, 2.24) is 0 Å². The number of hydrogen-bond donors (Lipinski definition) is 4. The molecule has 0 aliphatic rings. The number of esters is 4. The Hall–Kier alpha value is -2.86. The number of carboxylic acid groups (broad SMARTS) is 2. The zero-order valence-corrected chi connectivity index (χ0v) is 12.3. The fourth-order valence-electron chi connectivity index (χ4n) is 1.19. The number of nitrogens with two attached hydrogens (primary N) is 2. The molecule has 0 unspecified atom stereocenters. The second kappa shape index (κ2) is 10.0. The first-order valence-electron chi connectivity index (χ1n) is 6.51. The lowest BCUT2D eigenvalue weighted by atomic mass is 10.2. The predicted octanol–water partition coefficient (Wildman–Crippen LogP) is -2.49. The number of hydrogen-bond acceptors (Lipinski definition) is 10. The van der Waals surface area contributed by atoms with Crippen LogP contribution < -0.4 is 11.5 Å². The van der Waals surface area contributed by atoms with Crippen LogP contribution in [-0.4, -0.2) is 58.1 Å². The highest BCUT2D eigenvalue weighted by Gasteiger charge is 2.25. The molecular formula is C12H16N2O10. The summed E-state index contributed by atoms with van der Waals surface area (Å²) in [5.41, 5.74) is 10.2. The molecule has 0 aromatic heterocycles. The standard InChI is InChI=1S/C12H16N2O10/c13-5(9(17)18)1-3-7(15)23-11(21)12(22)24-8(16)4-2-6(14)10(19)20/h5-6H,1-4,13-14H2,(H,17,18)(H,19,20)/t5-,6-/m0/s1. The number of ether oxygens (including phenoxy) is 2. The first-order valence-corrected chi connectivity index (χ1v) is 6.51. The lowest BCUT2D eigenvalue weighted by Gasteiger charge is -2.06. The van der Waals surface area contributed by atoms with Gasteiger partial charge in [0.2, 0.25) is 0 Å². The van der Waals surface area contributed by atoms with E-state index < -0.39 is 60.7 Å². The molecule has 0 aliphatic carbocycles. The highest BCUT2D eigenvalue weighted by molar-refractivity contribution is 6.33. The summed E-state index contributed by atoms with van der Waals surface area (Å²) in [5.74, 6) is -8.74. The van der Waals surface area contributed by atoms with Gasteiger partial charge in [0, 0.05) is 12.8 Å². The molecule has 0 bridgehead atoms. The Kier molecular flexibility index (Phi) is 8.82. The van der Waals surface area contributed by atoms with E-state index in [2.05, 4.69) is 9.47 Å². The number of carboxylic acids is 2. The summed E-state index contributed by atoms with van der Waals surface area (Å²) in [6.07, 6.45) is -1.76. The van der Waals surface area contributed by atoms with Gasteiger partial charge in [-0.1, -0.05) is 0 Å². The Morgan fingerprint density at radius 1 is 0.708 bits per heavy atom. The number of rotatable bonds is 8. The van der Waals surface area contributed by atoms with E-state index in [9.17, 15) is 28.8 Å². The van der Waals surface area contributed by atoms with E-state index in [-0.39, 0.29) is 12.8 Å². The molecule has 12 nitrogen and oxygen atoms in total. The van der Waals surface area contributed by atoms with Crippen molar-refractivity contribution < 1.29 is 48.5 Å². The molecular weight excluding hydrogens is 332 g/mol. The van der Waals surface area contributed by atoms with Crippen LogP contribution in [0.2, 0.25) is 0 Å². The van der Waals surface area contributed by atoms with Crippen LogP contribution in [0.15, 0.2) is 0 Å². The zero-order chi connectivity index (χ0) is 18.9. The zero-order valence-electron chi connectivity index (χ0n) is 12.3. The van der Waals surface area contributed by atoms with E-state index in [1.54, 1.807) is 0 Å². The van der Waals surface area contributed by atoms with Crippen molar-refractivity contribution >= 4 is 35.8 Å². The van der Waals surface area contributed by atoms with E-state index in [0.29, 0.717) is 0 Å². The van der Waals surface area contributed by atoms with Crippen LogP contribution in [0.1, 0.15) is 25.7 Å². The molecule has 24 heavy (non-hydrogen) atoms. The van der Waals surface area contributed by atoms with E-state index in [4.69, 9.17) is 21.7 Å². The number of carbonyl (C=O) groups excluding carboxylic acids is 4. The summed E-state index contributed by atoms with van der Waals surface area (Å²) in [5, 5.41) is 17.0. The van der Waals surface area contributed by atoms with Gasteiger partial charge in [0.25, 0.3) is 0 Å². The van der Waals surface area contributed by atoms with Gasteiger partial charge in [-0.05, 0) is 12.8 Å². The third-order valence-electron chi connectivity index (χ3n) is 2.53. The third-order valence-corrected chi connectivity index (χ3v) is 2.53. The Bertz CT molecular complexity index is 496.